The van der Waals surface area contributed by atoms with Gasteiger partial charge < -0.3 is 10.0 Å². The van der Waals surface area contributed by atoms with E-state index in [-0.39, 0.29) is 12.3 Å². The van der Waals surface area contributed by atoms with Crippen molar-refractivity contribution in [3.63, 3.8) is 0 Å². The summed E-state index contributed by atoms with van der Waals surface area (Å²) in [5.74, 6) is 0. The number of rotatable bonds is 6. The molecule has 17 heavy (non-hydrogen) atoms. The maximum absolute atomic E-state index is 10.6. The topological polar surface area (TPSA) is 66.6 Å². The molecule has 5 nitrogen and oxygen atoms in total. The molecule has 0 saturated carbocycles. The number of hydrogen-bond donors (Lipinski definition) is 1. The summed E-state index contributed by atoms with van der Waals surface area (Å²) in [5, 5.41) is 19.9. The van der Waals surface area contributed by atoms with E-state index in [9.17, 15) is 10.1 Å². The highest BCUT2D eigenvalue weighted by molar-refractivity contribution is 6.33. The number of nitro benzene ring substituents is 1. The molecule has 0 radical (unpaired) electrons. The summed E-state index contributed by atoms with van der Waals surface area (Å²) in [6.45, 7) is 3.25. The largest absolute Gasteiger partial charge is 0.395 e. The van der Waals surface area contributed by atoms with E-state index in [0.717, 1.165) is 13.0 Å². The molecule has 94 valence electrons. The summed E-state index contributed by atoms with van der Waals surface area (Å²) in [5.41, 5.74) is 0.687. The second kappa shape index (κ2) is 6.42. The van der Waals surface area contributed by atoms with Crippen LogP contribution < -0.4 is 4.90 Å². The Morgan fingerprint density at radius 3 is 2.65 bits per heavy atom. The minimum Gasteiger partial charge on any atom is -0.395 e. The molecule has 0 aliphatic heterocycles. The quantitative estimate of drug-likeness (QED) is 0.629. The van der Waals surface area contributed by atoms with Gasteiger partial charge in [0.1, 0.15) is 0 Å². The first-order chi connectivity index (χ1) is 8.10. The summed E-state index contributed by atoms with van der Waals surface area (Å²) in [7, 11) is 0. The van der Waals surface area contributed by atoms with E-state index in [0.29, 0.717) is 17.3 Å². The van der Waals surface area contributed by atoms with Gasteiger partial charge in [-0.3, -0.25) is 10.1 Å². The van der Waals surface area contributed by atoms with Crippen molar-refractivity contribution in [2.24, 2.45) is 0 Å². The van der Waals surface area contributed by atoms with Gasteiger partial charge in [-0.25, -0.2) is 0 Å². The third-order valence-corrected chi connectivity index (χ3v) is 2.65. The Kier molecular flexibility index (Phi) is 5.18. The molecule has 0 aliphatic rings. The Labute approximate surface area is 105 Å². The number of benzene rings is 1. The first-order valence-corrected chi connectivity index (χ1v) is 5.77. The molecule has 0 unspecified atom stereocenters. The molecule has 0 fully saturated rings. The zero-order valence-electron chi connectivity index (χ0n) is 9.60. The van der Waals surface area contributed by atoms with Crippen LogP contribution in [0.25, 0.3) is 0 Å². The van der Waals surface area contributed by atoms with Gasteiger partial charge >= 0.3 is 0 Å². The highest BCUT2D eigenvalue weighted by Crippen LogP contribution is 2.29. The molecule has 0 aromatic heterocycles. The van der Waals surface area contributed by atoms with Crippen molar-refractivity contribution < 1.29 is 10.0 Å². The Balaban J connectivity index is 2.99. The normalized spacial score (nSPS) is 10.3. The van der Waals surface area contributed by atoms with Crippen LogP contribution in [0.2, 0.25) is 5.02 Å². The first-order valence-electron chi connectivity index (χ1n) is 5.40. The van der Waals surface area contributed by atoms with Crippen molar-refractivity contribution in [2.45, 2.75) is 13.3 Å². The molecule has 0 spiro atoms. The zero-order valence-corrected chi connectivity index (χ0v) is 10.4. The third-order valence-electron chi connectivity index (χ3n) is 2.35. The first kappa shape index (κ1) is 13.7. The maximum Gasteiger partial charge on any atom is 0.271 e. The molecule has 1 aromatic carbocycles. The zero-order chi connectivity index (χ0) is 12.8. The van der Waals surface area contributed by atoms with Gasteiger partial charge in [-0.05, 0) is 12.5 Å². The Hall–Kier alpha value is -1.33. The molecule has 0 bridgehead atoms. The molecule has 1 rings (SSSR count). The molecule has 1 aromatic rings. The van der Waals surface area contributed by atoms with Crippen LogP contribution in [-0.2, 0) is 0 Å². The predicted molar refractivity (Wildman–Crippen MR) is 67.7 cm³/mol. The lowest BCUT2D eigenvalue weighted by molar-refractivity contribution is -0.384. The molecule has 6 heteroatoms. The summed E-state index contributed by atoms with van der Waals surface area (Å²) in [4.78, 5) is 12.0. The van der Waals surface area contributed by atoms with Gasteiger partial charge in [0.15, 0.2) is 0 Å². The van der Waals surface area contributed by atoms with Crippen molar-refractivity contribution in [3.05, 3.63) is 33.3 Å². The third kappa shape index (κ3) is 3.57. The van der Waals surface area contributed by atoms with E-state index >= 15 is 0 Å². The van der Waals surface area contributed by atoms with Crippen LogP contribution in [0.5, 0.6) is 0 Å². The fourth-order valence-electron chi connectivity index (χ4n) is 1.61. The average Bonchev–Trinajstić information content (AvgIpc) is 2.28. The molecule has 0 atom stereocenters. The van der Waals surface area contributed by atoms with Crippen LogP contribution in [0.3, 0.4) is 0 Å². The lowest BCUT2D eigenvalue weighted by atomic mass is 10.2. The minimum absolute atomic E-state index is 0.0211. The van der Waals surface area contributed by atoms with Crippen molar-refractivity contribution in [2.75, 3.05) is 24.6 Å². The number of hydrogen-bond acceptors (Lipinski definition) is 4. The van der Waals surface area contributed by atoms with E-state index in [2.05, 4.69) is 0 Å². The van der Waals surface area contributed by atoms with Gasteiger partial charge in [-0.2, -0.15) is 0 Å². The van der Waals surface area contributed by atoms with E-state index in [1.54, 1.807) is 6.07 Å². The van der Waals surface area contributed by atoms with Gasteiger partial charge in [-0.15, -0.1) is 0 Å². The molecule has 0 amide bonds. The second-order valence-electron chi connectivity index (χ2n) is 3.60. The van der Waals surface area contributed by atoms with Crippen molar-refractivity contribution in [1.82, 2.24) is 0 Å². The highest BCUT2D eigenvalue weighted by Gasteiger charge is 2.13. The van der Waals surface area contributed by atoms with Gasteiger partial charge in [0, 0.05) is 25.2 Å². The maximum atomic E-state index is 10.6. The van der Waals surface area contributed by atoms with Crippen molar-refractivity contribution in [3.8, 4) is 0 Å². The molecule has 0 aliphatic carbocycles. The van der Waals surface area contributed by atoms with E-state index in [4.69, 9.17) is 16.7 Å². The lowest BCUT2D eigenvalue weighted by Gasteiger charge is -2.24. The number of aliphatic hydroxyl groups is 1. The van der Waals surface area contributed by atoms with Crippen LogP contribution in [0.1, 0.15) is 13.3 Å². The van der Waals surface area contributed by atoms with Crippen LogP contribution in [-0.4, -0.2) is 29.7 Å². The van der Waals surface area contributed by atoms with Crippen molar-refractivity contribution in [1.29, 1.82) is 0 Å². The molecule has 0 heterocycles. The number of aliphatic hydroxyl groups excluding tert-OH is 1. The van der Waals surface area contributed by atoms with Crippen LogP contribution in [0.4, 0.5) is 11.4 Å². The summed E-state index contributed by atoms with van der Waals surface area (Å²) < 4.78 is 0. The molecular weight excluding hydrogens is 244 g/mol. The smallest absolute Gasteiger partial charge is 0.271 e. The molecule has 1 N–H and O–H groups in total. The monoisotopic (exact) mass is 258 g/mol. The number of non-ortho nitro benzene ring substituents is 1. The van der Waals surface area contributed by atoms with E-state index < -0.39 is 4.92 Å². The van der Waals surface area contributed by atoms with Gasteiger partial charge in [0.2, 0.25) is 0 Å². The highest BCUT2D eigenvalue weighted by atomic mass is 35.5. The summed E-state index contributed by atoms with van der Waals surface area (Å²) in [6.07, 6.45) is 0.910. The van der Waals surface area contributed by atoms with Crippen LogP contribution in [0.15, 0.2) is 18.2 Å². The molecule has 0 saturated heterocycles. The Bertz CT molecular complexity index is 392. The summed E-state index contributed by atoms with van der Waals surface area (Å²) >= 11 is 6.01. The number of anilines is 1. The van der Waals surface area contributed by atoms with Crippen LogP contribution in [0, 0.1) is 10.1 Å². The van der Waals surface area contributed by atoms with Crippen LogP contribution >= 0.6 is 11.6 Å². The summed E-state index contributed by atoms with van der Waals surface area (Å²) in [6, 6.07) is 4.37. The average molecular weight is 259 g/mol. The predicted octanol–water partition coefficient (Wildman–Crippen LogP) is 2.46. The Morgan fingerprint density at radius 1 is 1.47 bits per heavy atom. The number of nitrogens with zero attached hydrogens (tertiary/aromatic N) is 2. The standard InChI is InChI=1S/C11H15ClN2O3/c1-2-5-13(6-7-15)11-4-3-9(14(16)17)8-10(11)12/h3-4,8,15H,2,5-7H2,1H3. The van der Waals surface area contributed by atoms with E-state index in [1.165, 1.54) is 12.1 Å². The number of halogens is 1. The number of nitro groups is 1. The van der Waals surface area contributed by atoms with Gasteiger partial charge in [0.05, 0.1) is 22.2 Å². The Morgan fingerprint density at radius 2 is 2.18 bits per heavy atom. The second-order valence-corrected chi connectivity index (χ2v) is 4.01. The van der Waals surface area contributed by atoms with Gasteiger partial charge in [0.25, 0.3) is 5.69 Å². The van der Waals surface area contributed by atoms with Crippen molar-refractivity contribution >= 4 is 23.0 Å². The molecular formula is C11H15ClN2O3. The fraction of sp³-hybridized carbons (Fsp3) is 0.455. The van der Waals surface area contributed by atoms with Gasteiger partial charge in [-0.1, -0.05) is 18.5 Å². The fourth-order valence-corrected chi connectivity index (χ4v) is 1.90. The lowest BCUT2D eigenvalue weighted by Crippen LogP contribution is -2.27. The minimum atomic E-state index is -0.480. The van der Waals surface area contributed by atoms with E-state index in [1.807, 2.05) is 11.8 Å². The SMILES string of the molecule is CCCN(CCO)c1ccc([N+](=O)[O-])cc1Cl.